The summed E-state index contributed by atoms with van der Waals surface area (Å²) < 4.78 is 44.5. The highest BCUT2D eigenvalue weighted by atomic mass is 19.4. The standard InChI is InChI=1S/C30H32F3N7O3/c1-3-5-18(2)37-24(41)12-15-43-14-4-6-21-17-36-28(34)25-26(39-40-27(21)25)19-7-9-20(10-8-19)29(42)38-23-16-22(11-13-35-23)30(31,32)33/h4,6-11,13,16-18H,3,5,12,14-15H2,1-2H3,(H2,34,36)(H,37,41)(H,39,40)(H,35,38,42)/b6-4+. The second-order valence-corrected chi connectivity index (χ2v) is 9.86. The second-order valence-electron chi connectivity index (χ2n) is 9.86. The van der Waals surface area contributed by atoms with Gasteiger partial charge in [0.2, 0.25) is 5.91 Å². The molecule has 0 fully saturated rings. The zero-order chi connectivity index (χ0) is 31.0. The van der Waals surface area contributed by atoms with Gasteiger partial charge in [0, 0.05) is 41.5 Å². The van der Waals surface area contributed by atoms with Crippen molar-refractivity contribution in [3.05, 3.63) is 71.6 Å². The molecule has 0 saturated heterocycles. The number of halogens is 3. The first-order valence-corrected chi connectivity index (χ1v) is 13.7. The maximum atomic E-state index is 13.0. The summed E-state index contributed by atoms with van der Waals surface area (Å²) in [4.78, 5) is 32.7. The molecule has 0 saturated carbocycles. The summed E-state index contributed by atoms with van der Waals surface area (Å²) in [6.07, 6.45) is 3.84. The van der Waals surface area contributed by atoms with Crippen LogP contribution in [-0.2, 0) is 15.7 Å². The lowest BCUT2D eigenvalue weighted by atomic mass is 10.0. The summed E-state index contributed by atoms with van der Waals surface area (Å²) in [6, 6.07) is 8.12. The van der Waals surface area contributed by atoms with Crippen LogP contribution in [0.3, 0.4) is 0 Å². The molecule has 4 rings (SSSR count). The van der Waals surface area contributed by atoms with Gasteiger partial charge in [-0.15, -0.1) is 0 Å². The van der Waals surface area contributed by atoms with Crippen molar-refractivity contribution in [1.29, 1.82) is 0 Å². The van der Waals surface area contributed by atoms with Gasteiger partial charge in [0.1, 0.15) is 17.2 Å². The maximum absolute atomic E-state index is 13.0. The van der Waals surface area contributed by atoms with E-state index in [2.05, 4.69) is 37.7 Å². The summed E-state index contributed by atoms with van der Waals surface area (Å²) in [5.74, 6) is -0.612. The molecule has 1 aromatic carbocycles. The lowest BCUT2D eigenvalue weighted by Gasteiger charge is -2.12. The van der Waals surface area contributed by atoms with E-state index in [0.29, 0.717) is 40.9 Å². The number of alkyl halides is 3. The Kier molecular flexibility index (Phi) is 10.1. The van der Waals surface area contributed by atoms with E-state index in [0.717, 1.165) is 31.2 Å². The fourth-order valence-electron chi connectivity index (χ4n) is 4.39. The molecular weight excluding hydrogens is 563 g/mol. The molecule has 0 aliphatic rings. The van der Waals surface area contributed by atoms with Crippen molar-refractivity contribution in [2.45, 2.75) is 45.3 Å². The number of nitrogen functional groups attached to an aromatic ring is 1. The van der Waals surface area contributed by atoms with Crippen LogP contribution in [0.15, 0.2) is 54.9 Å². The highest BCUT2D eigenvalue weighted by molar-refractivity contribution is 6.05. The third-order valence-electron chi connectivity index (χ3n) is 6.52. The van der Waals surface area contributed by atoms with Crippen molar-refractivity contribution < 1.29 is 27.5 Å². The van der Waals surface area contributed by atoms with Crippen LogP contribution in [0.2, 0.25) is 0 Å². The summed E-state index contributed by atoms with van der Waals surface area (Å²) in [6.45, 7) is 4.63. The van der Waals surface area contributed by atoms with Gasteiger partial charge in [-0.1, -0.05) is 37.6 Å². The number of ether oxygens (including phenoxy) is 1. The number of hydrogen-bond acceptors (Lipinski definition) is 7. The van der Waals surface area contributed by atoms with E-state index in [1.54, 1.807) is 30.5 Å². The molecule has 4 aromatic rings. The Morgan fingerprint density at radius 1 is 1.16 bits per heavy atom. The lowest BCUT2D eigenvalue weighted by molar-refractivity contribution is -0.137. The van der Waals surface area contributed by atoms with E-state index < -0.39 is 17.6 Å². The van der Waals surface area contributed by atoms with E-state index >= 15 is 0 Å². The minimum Gasteiger partial charge on any atom is -0.383 e. The van der Waals surface area contributed by atoms with Crippen LogP contribution >= 0.6 is 0 Å². The van der Waals surface area contributed by atoms with Crippen molar-refractivity contribution in [2.24, 2.45) is 0 Å². The van der Waals surface area contributed by atoms with Gasteiger partial charge in [-0.2, -0.15) is 18.3 Å². The largest absolute Gasteiger partial charge is 0.416 e. The van der Waals surface area contributed by atoms with Gasteiger partial charge < -0.3 is 21.1 Å². The second kappa shape index (κ2) is 13.9. The summed E-state index contributed by atoms with van der Waals surface area (Å²) in [7, 11) is 0. The van der Waals surface area contributed by atoms with Crippen LogP contribution in [0.5, 0.6) is 0 Å². The number of pyridine rings is 2. The van der Waals surface area contributed by atoms with Crippen LogP contribution in [0.1, 0.15) is 54.6 Å². The molecule has 1 atom stereocenters. The van der Waals surface area contributed by atoms with Gasteiger partial charge in [-0.25, -0.2) is 9.97 Å². The summed E-state index contributed by atoms with van der Waals surface area (Å²) in [5, 5.41) is 13.3. The molecule has 5 N–H and O–H groups in total. The Bertz CT molecular complexity index is 1600. The van der Waals surface area contributed by atoms with Gasteiger partial charge in [0.05, 0.1) is 29.9 Å². The summed E-state index contributed by atoms with van der Waals surface area (Å²) >= 11 is 0. The number of H-pyrrole nitrogens is 1. The number of carbonyl (C=O) groups is 2. The Morgan fingerprint density at radius 3 is 2.65 bits per heavy atom. The number of aromatic nitrogens is 4. The Morgan fingerprint density at radius 2 is 1.93 bits per heavy atom. The quantitative estimate of drug-likeness (QED) is 0.156. The number of hydrogen-bond donors (Lipinski definition) is 4. The monoisotopic (exact) mass is 595 g/mol. The zero-order valence-electron chi connectivity index (χ0n) is 23.7. The number of aromatic amines is 1. The normalized spacial score (nSPS) is 12.5. The number of fused-ring (bicyclic) bond motifs is 1. The number of anilines is 2. The maximum Gasteiger partial charge on any atom is 0.416 e. The Labute approximate surface area is 245 Å². The van der Waals surface area contributed by atoms with Crippen LogP contribution in [0.4, 0.5) is 24.8 Å². The molecule has 0 bridgehead atoms. The molecule has 1 unspecified atom stereocenters. The van der Waals surface area contributed by atoms with Crippen molar-refractivity contribution >= 4 is 40.4 Å². The molecule has 0 aliphatic carbocycles. The van der Waals surface area contributed by atoms with Crippen molar-refractivity contribution in [3.8, 4) is 11.3 Å². The molecule has 43 heavy (non-hydrogen) atoms. The highest BCUT2D eigenvalue weighted by Gasteiger charge is 2.31. The number of nitrogens with zero attached hydrogens (tertiary/aromatic N) is 3. The average molecular weight is 596 g/mol. The van der Waals surface area contributed by atoms with E-state index in [4.69, 9.17) is 10.5 Å². The molecule has 3 aromatic heterocycles. The van der Waals surface area contributed by atoms with E-state index in [9.17, 15) is 22.8 Å². The van der Waals surface area contributed by atoms with Crippen LogP contribution in [-0.4, -0.2) is 51.2 Å². The number of nitrogens with one attached hydrogen (secondary N) is 3. The molecule has 2 amide bonds. The number of nitrogens with two attached hydrogens (primary N) is 1. The fourth-order valence-corrected chi connectivity index (χ4v) is 4.39. The minimum absolute atomic E-state index is 0.0418. The first kappa shape index (κ1) is 31.2. The van der Waals surface area contributed by atoms with Crippen molar-refractivity contribution in [2.75, 3.05) is 24.3 Å². The summed E-state index contributed by atoms with van der Waals surface area (Å²) in [5.41, 5.74) is 8.02. The average Bonchev–Trinajstić information content (AvgIpc) is 3.42. The van der Waals surface area contributed by atoms with Gasteiger partial charge in [0.25, 0.3) is 5.91 Å². The highest BCUT2D eigenvalue weighted by Crippen LogP contribution is 2.32. The predicted molar refractivity (Wildman–Crippen MR) is 158 cm³/mol. The molecule has 3 heterocycles. The molecule has 0 aliphatic heterocycles. The minimum atomic E-state index is -4.55. The van der Waals surface area contributed by atoms with E-state index in [-0.39, 0.29) is 35.6 Å². The van der Waals surface area contributed by atoms with Crippen molar-refractivity contribution in [1.82, 2.24) is 25.5 Å². The van der Waals surface area contributed by atoms with Gasteiger partial charge >= 0.3 is 6.18 Å². The Hall–Kier alpha value is -4.78. The number of rotatable bonds is 12. The fraction of sp³-hybridized carbons (Fsp3) is 0.300. The lowest BCUT2D eigenvalue weighted by Crippen LogP contribution is -2.32. The van der Waals surface area contributed by atoms with Crippen LogP contribution in [0, 0.1) is 0 Å². The molecule has 0 radical (unpaired) electrons. The molecular formula is C30H32F3N7O3. The first-order chi connectivity index (χ1) is 20.6. The SMILES string of the molecule is CCCC(C)NC(=O)CCOC/C=C/c1cnc(N)c2c(-c3ccc(C(=O)Nc4cc(C(F)(F)F)ccn4)cc3)[nH]nc12. The third kappa shape index (κ3) is 8.16. The number of benzene rings is 1. The van der Waals surface area contributed by atoms with Gasteiger partial charge in [0.15, 0.2) is 0 Å². The topological polar surface area (TPSA) is 148 Å². The van der Waals surface area contributed by atoms with Crippen molar-refractivity contribution in [3.63, 3.8) is 0 Å². The molecule has 0 spiro atoms. The van der Waals surface area contributed by atoms with E-state index in [1.807, 2.05) is 6.92 Å². The molecule has 13 heteroatoms. The van der Waals surface area contributed by atoms with Gasteiger partial charge in [-0.05, 0) is 37.6 Å². The number of carbonyl (C=O) groups excluding carboxylic acids is 2. The zero-order valence-corrected chi connectivity index (χ0v) is 23.7. The van der Waals surface area contributed by atoms with Crippen LogP contribution < -0.4 is 16.4 Å². The van der Waals surface area contributed by atoms with Crippen LogP contribution in [0.25, 0.3) is 28.2 Å². The molecule has 10 nitrogen and oxygen atoms in total. The molecule has 226 valence electrons. The van der Waals surface area contributed by atoms with Gasteiger partial charge in [-0.3, -0.25) is 14.7 Å². The predicted octanol–water partition coefficient (Wildman–Crippen LogP) is 5.60. The third-order valence-corrected chi connectivity index (χ3v) is 6.52. The van der Waals surface area contributed by atoms with E-state index in [1.165, 1.54) is 12.1 Å². The smallest absolute Gasteiger partial charge is 0.383 e. The number of amides is 2. The Balaban J connectivity index is 1.39. The first-order valence-electron chi connectivity index (χ1n) is 13.7.